The van der Waals surface area contributed by atoms with Crippen LogP contribution in [0.25, 0.3) is 0 Å². The first-order valence-corrected chi connectivity index (χ1v) is 5.69. The molecular formula is C14H18O3. The number of ether oxygens (including phenoxy) is 1. The fourth-order valence-corrected chi connectivity index (χ4v) is 1.29. The largest absolute Gasteiger partial charge is 0.481 e. The number of carboxylic acids is 1. The molecule has 17 heavy (non-hydrogen) atoms. The number of carbonyl (C=O) groups is 1. The van der Waals surface area contributed by atoms with Crippen molar-refractivity contribution in [3.8, 4) is 0 Å². The summed E-state index contributed by atoms with van der Waals surface area (Å²) in [6, 6.07) is 9.94. The van der Waals surface area contributed by atoms with E-state index in [1.807, 2.05) is 42.5 Å². The van der Waals surface area contributed by atoms with Crippen molar-refractivity contribution in [2.45, 2.75) is 20.0 Å². The Hall–Kier alpha value is -1.61. The van der Waals surface area contributed by atoms with Crippen molar-refractivity contribution in [3.05, 3.63) is 48.0 Å². The lowest BCUT2D eigenvalue weighted by Gasteiger charge is -2.02. The Morgan fingerprint density at radius 1 is 1.35 bits per heavy atom. The third-order valence-electron chi connectivity index (χ3n) is 2.40. The van der Waals surface area contributed by atoms with Gasteiger partial charge >= 0.3 is 5.97 Å². The average molecular weight is 234 g/mol. The lowest BCUT2D eigenvalue weighted by molar-refractivity contribution is -0.140. The lowest BCUT2D eigenvalue weighted by atomic mass is 10.1. The Bertz CT molecular complexity index is 357. The van der Waals surface area contributed by atoms with Gasteiger partial charge in [-0.05, 0) is 12.0 Å². The van der Waals surface area contributed by atoms with E-state index < -0.39 is 5.97 Å². The quantitative estimate of drug-likeness (QED) is 0.583. The smallest absolute Gasteiger partial charge is 0.306 e. The molecule has 0 spiro atoms. The van der Waals surface area contributed by atoms with Crippen molar-refractivity contribution in [2.24, 2.45) is 5.92 Å². The molecule has 1 aromatic rings. The number of allylic oxidation sites excluding steroid dienone is 1. The van der Waals surface area contributed by atoms with Gasteiger partial charge in [0.2, 0.25) is 0 Å². The summed E-state index contributed by atoms with van der Waals surface area (Å²) >= 11 is 0. The fraction of sp³-hybridized carbons (Fsp3) is 0.357. The van der Waals surface area contributed by atoms with E-state index >= 15 is 0 Å². The Balaban J connectivity index is 2.12. The van der Waals surface area contributed by atoms with Gasteiger partial charge in [-0.1, -0.05) is 49.4 Å². The van der Waals surface area contributed by atoms with Crippen LogP contribution in [0.15, 0.2) is 42.5 Å². The number of hydrogen-bond donors (Lipinski definition) is 1. The molecule has 1 aromatic carbocycles. The second kappa shape index (κ2) is 7.63. The number of hydrogen-bond acceptors (Lipinski definition) is 2. The minimum absolute atomic E-state index is 0.333. The fourth-order valence-electron chi connectivity index (χ4n) is 1.29. The van der Waals surface area contributed by atoms with Crippen LogP contribution in [0.4, 0.5) is 0 Å². The second-order valence-corrected chi connectivity index (χ2v) is 3.95. The Kier molecular flexibility index (Phi) is 6.04. The maximum absolute atomic E-state index is 10.5. The Morgan fingerprint density at radius 2 is 2.06 bits per heavy atom. The summed E-state index contributed by atoms with van der Waals surface area (Å²) in [5.74, 6) is -1.10. The molecule has 1 atom stereocenters. The van der Waals surface area contributed by atoms with E-state index in [1.165, 1.54) is 0 Å². The molecule has 0 unspecified atom stereocenters. The molecule has 0 aliphatic carbocycles. The van der Waals surface area contributed by atoms with E-state index in [2.05, 4.69) is 0 Å². The molecule has 0 aliphatic rings. The first-order valence-electron chi connectivity index (χ1n) is 5.69. The third kappa shape index (κ3) is 5.88. The summed E-state index contributed by atoms with van der Waals surface area (Å²) in [6.45, 7) is 2.79. The van der Waals surface area contributed by atoms with Crippen LogP contribution >= 0.6 is 0 Å². The van der Waals surface area contributed by atoms with Crippen LogP contribution in [-0.2, 0) is 16.1 Å². The molecule has 0 bridgehead atoms. The minimum atomic E-state index is -0.764. The zero-order chi connectivity index (χ0) is 12.5. The maximum atomic E-state index is 10.5. The van der Waals surface area contributed by atoms with E-state index in [-0.39, 0.29) is 5.92 Å². The van der Waals surface area contributed by atoms with E-state index in [1.54, 1.807) is 6.92 Å². The summed E-state index contributed by atoms with van der Waals surface area (Å²) in [6.07, 6.45) is 4.26. The zero-order valence-corrected chi connectivity index (χ0v) is 10.0. The monoisotopic (exact) mass is 234 g/mol. The van der Waals surface area contributed by atoms with Crippen LogP contribution in [0.1, 0.15) is 18.9 Å². The van der Waals surface area contributed by atoms with Gasteiger partial charge in [0.25, 0.3) is 0 Å². The molecule has 3 heteroatoms. The van der Waals surface area contributed by atoms with E-state index in [0.717, 1.165) is 5.56 Å². The molecular weight excluding hydrogens is 216 g/mol. The highest BCUT2D eigenvalue weighted by Crippen LogP contribution is 2.03. The van der Waals surface area contributed by atoms with Gasteiger partial charge in [0.1, 0.15) is 0 Å². The van der Waals surface area contributed by atoms with E-state index in [0.29, 0.717) is 19.6 Å². The molecule has 0 fully saturated rings. The van der Waals surface area contributed by atoms with Gasteiger partial charge in [0, 0.05) is 0 Å². The highest BCUT2D eigenvalue weighted by molar-refractivity contribution is 5.69. The summed E-state index contributed by atoms with van der Waals surface area (Å²) in [5, 5.41) is 8.67. The molecule has 1 rings (SSSR count). The van der Waals surface area contributed by atoms with Crippen molar-refractivity contribution in [1.82, 2.24) is 0 Å². The minimum Gasteiger partial charge on any atom is -0.481 e. The molecule has 0 saturated carbocycles. The van der Waals surface area contributed by atoms with Gasteiger partial charge in [-0.15, -0.1) is 0 Å². The highest BCUT2D eigenvalue weighted by atomic mass is 16.5. The van der Waals surface area contributed by atoms with Crippen LogP contribution in [0.5, 0.6) is 0 Å². The molecule has 0 amide bonds. The standard InChI is InChI=1S/C14H18O3/c1-12(14(15)16)7-5-6-10-17-11-13-8-3-2-4-9-13/h2-6,8-9,12H,7,10-11H2,1H3,(H,15,16)/t12-/m1/s1. The van der Waals surface area contributed by atoms with Gasteiger partial charge in [0.05, 0.1) is 19.1 Å². The molecule has 1 N–H and O–H groups in total. The molecule has 0 heterocycles. The summed E-state index contributed by atoms with van der Waals surface area (Å²) in [5.41, 5.74) is 1.14. The first-order chi connectivity index (χ1) is 8.20. The van der Waals surface area contributed by atoms with Crippen LogP contribution < -0.4 is 0 Å². The van der Waals surface area contributed by atoms with Gasteiger partial charge in [0.15, 0.2) is 0 Å². The van der Waals surface area contributed by atoms with Gasteiger partial charge in [-0.2, -0.15) is 0 Å². The summed E-state index contributed by atoms with van der Waals surface area (Å²) < 4.78 is 5.43. The number of carboxylic acid groups (broad SMARTS) is 1. The number of rotatable bonds is 7. The third-order valence-corrected chi connectivity index (χ3v) is 2.40. The molecule has 3 nitrogen and oxygen atoms in total. The lowest BCUT2D eigenvalue weighted by Crippen LogP contribution is -2.07. The highest BCUT2D eigenvalue weighted by Gasteiger charge is 2.07. The van der Waals surface area contributed by atoms with Crippen molar-refractivity contribution >= 4 is 5.97 Å². The van der Waals surface area contributed by atoms with E-state index in [4.69, 9.17) is 9.84 Å². The van der Waals surface area contributed by atoms with Crippen molar-refractivity contribution in [2.75, 3.05) is 6.61 Å². The summed E-state index contributed by atoms with van der Waals surface area (Å²) in [4.78, 5) is 10.5. The predicted molar refractivity (Wildman–Crippen MR) is 66.7 cm³/mol. The first kappa shape index (κ1) is 13.5. The average Bonchev–Trinajstić information content (AvgIpc) is 2.34. The Labute approximate surface area is 102 Å². The molecule has 0 aromatic heterocycles. The summed E-state index contributed by atoms with van der Waals surface area (Å²) in [7, 11) is 0. The maximum Gasteiger partial charge on any atom is 0.306 e. The normalized spacial score (nSPS) is 12.8. The van der Waals surface area contributed by atoms with Crippen LogP contribution in [0.2, 0.25) is 0 Å². The number of benzene rings is 1. The Morgan fingerprint density at radius 3 is 2.71 bits per heavy atom. The zero-order valence-electron chi connectivity index (χ0n) is 10.0. The predicted octanol–water partition coefficient (Wildman–Crippen LogP) is 2.87. The molecule has 0 saturated heterocycles. The van der Waals surface area contributed by atoms with Crippen molar-refractivity contribution in [1.29, 1.82) is 0 Å². The molecule has 0 radical (unpaired) electrons. The van der Waals surface area contributed by atoms with Crippen LogP contribution in [-0.4, -0.2) is 17.7 Å². The molecule has 92 valence electrons. The van der Waals surface area contributed by atoms with E-state index in [9.17, 15) is 4.79 Å². The van der Waals surface area contributed by atoms with Crippen LogP contribution in [0.3, 0.4) is 0 Å². The van der Waals surface area contributed by atoms with Gasteiger partial charge in [-0.3, -0.25) is 4.79 Å². The molecule has 0 aliphatic heterocycles. The van der Waals surface area contributed by atoms with Crippen LogP contribution in [0, 0.1) is 5.92 Å². The van der Waals surface area contributed by atoms with Crippen molar-refractivity contribution in [3.63, 3.8) is 0 Å². The topological polar surface area (TPSA) is 46.5 Å². The number of aliphatic carboxylic acids is 1. The SMILES string of the molecule is C[C@H](CC=CCOCc1ccccc1)C(=O)O. The van der Waals surface area contributed by atoms with Gasteiger partial charge in [-0.25, -0.2) is 0 Å². The van der Waals surface area contributed by atoms with Crippen molar-refractivity contribution < 1.29 is 14.6 Å². The van der Waals surface area contributed by atoms with Gasteiger partial charge < -0.3 is 9.84 Å². The second-order valence-electron chi connectivity index (χ2n) is 3.95.